The van der Waals surface area contributed by atoms with Crippen LogP contribution < -0.4 is 17.1 Å². The molecular formula is C6H15N4O+. The molecule has 1 aliphatic heterocycles. The van der Waals surface area contributed by atoms with E-state index >= 15 is 0 Å². The van der Waals surface area contributed by atoms with E-state index in [1.165, 1.54) is 0 Å². The van der Waals surface area contributed by atoms with Gasteiger partial charge < -0.3 is 0 Å². The van der Waals surface area contributed by atoms with Crippen molar-refractivity contribution in [2.24, 2.45) is 11.7 Å². The molecule has 5 N–H and O–H groups in total. The van der Waals surface area contributed by atoms with E-state index in [2.05, 4.69) is 5.43 Å². The second-order valence-electron chi connectivity index (χ2n) is 2.99. The molecule has 1 fully saturated rings. The van der Waals surface area contributed by atoms with Crippen molar-refractivity contribution >= 4 is 6.03 Å². The minimum Gasteiger partial charge on any atom is -0.243 e. The number of nitrogens with one attached hydrogen (secondary N) is 1. The lowest BCUT2D eigenvalue weighted by molar-refractivity contribution is -0.867. The third-order valence-electron chi connectivity index (χ3n) is 2.14. The molecular weight excluding hydrogens is 144 g/mol. The smallest absolute Gasteiger partial charge is 0.243 e. The number of nitrogens with zero attached hydrogens (tertiary/aromatic N) is 1. The highest BCUT2D eigenvalue weighted by Crippen LogP contribution is 2.13. The van der Waals surface area contributed by atoms with E-state index < -0.39 is 0 Å². The molecule has 0 atom stereocenters. The standard InChI is InChI=1S/C6H14N4O/c7-9-6(11)10(8)4-2-1-3-5-10/h1-5,7-8H2/p+1. The summed E-state index contributed by atoms with van der Waals surface area (Å²) in [6.07, 6.45) is 3.17. The molecule has 11 heavy (non-hydrogen) atoms. The fourth-order valence-electron chi connectivity index (χ4n) is 1.41. The minimum atomic E-state index is -0.287. The van der Waals surface area contributed by atoms with Crippen LogP contribution in [0.3, 0.4) is 0 Å². The number of hydrogen-bond acceptors (Lipinski definition) is 3. The number of amides is 2. The molecule has 0 aromatic carbocycles. The molecule has 0 unspecified atom stereocenters. The third-order valence-corrected chi connectivity index (χ3v) is 2.14. The summed E-state index contributed by atoms with van der Waals surface area (Å²) in [5.74, 6) is 10.8. The Morgan fingerprint density at radius 1 is 1.27 bits per heavy atom. The summed E-state index contributed by atoms with van der Waals surface area (Å²) in [4.78, 5) is 11.1. The monoisotopic (exact) mass is 159 g/mol. The van der Waals surface area contributed by atoms with Gasteiger partial charge in [0, 0.05) is 0 Å². The Bertz CT molecular complexity index is 153. The number of carbonyl (C=O) groups excluding carboxylic acids is 1. The molecule has 1 rings (SSSR count). The maximum absolute atomic E-state index is 11.1. The lowest BCUT2D eigenvalue weighted by Gasteiger charge is -2.32. The molecule has 0 aromatic rings. The zero-order valence-electron chi connectivity index (χ0n) is 6.55. The molecule has 0 aliphatic carbocycles. The Labute approximate surface area is 65.9 Å². The van der Waals surface area contributed by atoms with Crippen molar-refractivity contribution in [2.45, 2.75) is 19.3 Å². The highest BCUT2D eigenvalue weighted by molar-refractivity contribution is 5.65. The number of hydrogen-bond donors (Lipinski definition) is 3. The predicted octanol–water partition coefficient (Wildman–Crippen LogP) is -0.556. The van der Waals surface area contributed by atoms with E-state index in [-0.39, 0.29) is 10.6 Å². The average Bonchev–Trinajstić information content (AvgIpc) is 2.04. The first-order valence-corrected chi connectivity index (χ1v) is 3.86. The van der Waals surface area contributed by atoms with E-state index in [0.29, 0.717) is 13.1 Å². The summed E-state index contributed by atoms with van der Waals surface area (Å²) in [5, 5.41) is 0. The van der Waals surface area contributed by atoms with E-state index in [4.69, 9.17) is 11.7 Å². The number of likely N-dealkylation sites (tertiary alicyclic amines) is 1. The van der Waals surface area contributed by atoms with Crippen LogP contribution in [0.2, 0.25) is 0 Å². The van der Waals surface area contributed by atoms with E-state index in [9.17, 15) is 4.79 Å². The van der Waals surface area contributed by atoms with Crippen LogP contribution in [-0.4, -0.2) is 23.7 Å². The first kappa shape index (κ1) is 8.45. The fourth-order valence-corrected chi connectivity index (χ4v) is 1.41. The van der Waals surface area contributed by atoms with Gasteiger partial charge in [-0.2, -0.15) is 10.4 Å². The summed E-state index contributed by atoms with van der Waals surface area (Å²) in [6.45, 7) is 1.39. The fraction of sp³-hybridized carbons (Fsp3) is 0.833. The van der Waals surface area contributed by atoms with Gasteiger partial charge >= 0.3 is 6.03 Å². The summed E-state index contributed by atoms with van der Waals surface area (Å²) in [5.41, 5.74) is 2.08. The molecule has 1 saturated heterocycles. The van der Waals surface area contributed by atoms with Crippen LogP contribution in [0.5, 0.6) is 0 Å². The number of urea groups is 1. The van der Waals surface area contributed by atoms with Gasteiger partial charge in [0.1, 0.15) is 13.1 Å². The molecule has 1 heterocycles. The molecule has 0 radical (unpaired) electrons. The summed E-state index contributed by atoms with van der Waals surface area (Å²) < 4.78 is -0.0451. The summed E-state index contributed by atoms with van der Waals surface area (Å²) in [7, 11) is 0. The van der Waals surface area contributed by atoms with Crippen molar-refractivity contribution in [2.75, 3.05) is 13.1 Å². The highest BCUT2D eigenvalue weighted by Gasteiger charge is 2.34. The van der Waals surface area contributed by atoms with Crippen LogP contribution in [0, 0.1) is 0 Å². The SMILES string of the molecule is NNC(=O)[N+]1(N)CCCCC1. The lowest BCUT2D eigenvalue weighted by atomic mass is 10.1. The van der Waals surface area contributed by atoms with Gasteiger partial charge in [0.05, 0.1) is 0 Å². The Hall–Kier alpha value is -0.650. The van der Waals surface area contributed by atoms with Crippen LogP contribution in [0.1, 0.15) is 19.3 Å². The molecule has 2 amide bonds. The molecule has 0 spiro atoms. The lowest BCUT2D eigenvalue weighted by Crippen LogP contribution is -2.65. The maximum atomic E-state index is 11.1. The van der Waals surface area contributed by atoms with Crippen molar-refractivity contribution in [3.63, 3.8) is 0 Å². The molecule has 1 aliphatic rings. The van der Waals surface area contributed by atoms with Crippen molar-refractivity contribution in [3.05, 3.63) is 0 Å². The van der Waals surface area contributed by atoms with Crippen LogP contribution in [0.25, 0.3) is 0 Å². The van der Waals surface area contributed by atoms with Gasteiger partial charge in [0.25, 0.3) is 0 Å². The van der Waals surface area contributed by atoms with Crippen molar-refractivity contribution in [1.82, 2.24) is 5.43 Å². The number of piperidine rings is 1. The Morgan fingerprint density at radius 3 is 2.27 bits per heavy atom. The summed E-state index contributed by atoms with van der Waals surface area (Å²) in [6, 6.07) is -0.287. The van der Waals surface area contributed by atoms with Crippen LogP contribution >= 0.6 is 0 Å². The predicted molar refractivity (Wildman–Crippen MR) is 40.8 cm³/mol. The summed E-state index contributed by atoms with van der Waals surface area (Å²) >= 11 is 0. The van der Waals surface area contributed by atoms with E-state index in [1.807, 2.05) is 0 Å². The van der Waals surface area contributed by atoms with Crippen molar-refractivity contribution in [3.8, 4) is 0 Å². The Kier molecular flexibility index (Phi) is 2.43. The molecule has 0 saturated carbocycles. The van der Waals surface area contributed by atoms with Gasteiger partial charge in [0.15, 0.2) is 0 Å². The highest BCUT2D eigenvalue weighted by atomic mass is 16.2. The molecule has 0 aromatic heterocycles. The number of hydrazine groups is 1. The number of quaternary nitrogens is 1. The Morgan fingerprint density at radius 2 is 1.82 bits per heavy atom. The second-order valence-corrected chi connectivity index (χ2v) is 2.99. The van der Waals surface area contributed by atoms with Gasteiger partial charge in [-0.15, -0.1) is 0 Å². The topological polar surface area (TPSA) is 81.1 Å². The van der Waals surface area contributed by atoms with E-state index in [0.717, 1.165) is 19.3 Å². The quantitative estimate of drug-likeness (QED) is 0.192. The van der Waals surface area contributed by atoms with Gasteiger partial charge in [-0.25, -0.2) is 16.1 Å². The number of rotatable bonds is 0. The number of carbonyl (C=O) groups is 1. The van der Waals surface area contributed by atoms with Crippen LogP contribution in [0.4, 0.5) is 4.79 Å². The van der Waals surface area contributed by atoms with Crippen LogP contribution in [0.15, 0.2) is 0 Å². The molecule has 5 heteroatoms. The molecule has 0 bridgehead atoms. The first-order chi connectivity index (χ1) is 5.19. The molecule has 5 nitrogen and oxygen atoms in total. The molecule has 64 valence electrons. The van der Waals surface area contributed by atoms with Crippen molar-refractivity contribution < 1.29 is 9.39 Å². The van der Waals surface area contributed by atoms with Gasteiger partial charge in [-0.3, -0.25) is 0 Å². The van der Waals surface area contributed by atoms with Gasteiger partial charge in [-0.1, -0.05) is 0 Å². The first-order valence-electron chi connectivity index (χ1n) is 3.86. The maximum Gasteiger partial charge on any atom is 0.449 e. The zero-order valence-corrected chi connectivity index (χ0v) is 6.55. The third kappa shape index (κ3) is 1.68. The van der Waals surface area contributed by atoms with Crippen LogP contribution in [-0.2, 0) is 0 Å². The van der Waals surface area contributed by atoms with Gasteiger partial charge in [0.2, 0.25) is 0 Å². The minimum absolute atomic E-state index is 0.0451. The van der Waals surface area contributed by atoms with E-state index in [1.54, 1.807) is 0 Å². The Balaban J connectivity index is 2.56. The second kappa shape index (κ2) is 3.17. The zero-order chi connectivity index (χ0) is 8.32. The van der Waals surface area contributed by atoms with Gasteiger partial charge in [-0.05, 0) is 19.3 Å². The normalized spacial score (nSPS) is 22.7. The van der Waals surface area contributed by atoms with Crippen molar-refractivity contribution in [1.29, 1.82) is 0 Å². The largest absolute Gasteiger partial charge is 0.449 e. The average molecular weight is 159 g/mol. The number of nitrogens with two attached hydrogens (primary N) is 2.